The molecule has 2 aromatic carbocycles. The summed E-state index contributed by atoms with van der Waals surface area (Å²) in [4.78, 5) is 11.8. The summed E-state index contributed by atoms with van der Waals surface area (Å²) in [6, 6.07) is 14.4. The van der Waals surface area contributed by atoms with Gasteiger partial charge in [0.1, 0.15) is 5.69 Å². The molecule has 3 atom stereocenters. The van der Waals surface area contributed by atoms with Crippen molar-refractivity contribution in [2.75, 3.05) is 18.0 Å². The van der Waals surface area contributed by atoms with Gasteiger partial charge >= 0.3 is 0 Å². The molecule has 1 aliphatic heterocycles. The molecule has 32 heavy (non-hydrogen) atoms. The lowest BCUT2D eigenvalue weighted by molar-refractivity contribution is 0.355. The highest BCUT2D eigenvalue weighted by Crippen LogP contribution is 2.36. The smallest absolute Gasteiger partial charge is 0.200 e. The second kappa shape index (κ2) is 8.51. The van der Waals surface area contributed by atoms with Gasteiger partial charge in [-0.15, -0.1) is 0 Å². The normalized spacial score (nSPS) is 20.2. The van der Waals surface area contributed by atoms with Gasteiger partial charge in [0.15, 0.2) is 11.1 Å². The fourth-order valence-electron chi connectivity index (χ4n) is 4.55. The molecular weight excluding hydrogens is 420 g/mol. The maximum Gasteiger partial charge on any atom is 0.200 e. The van der Waals surface area contributed by atoms with Crippen LogP contribution in [0.1, 0.15) is 42.3 Å². The third-order valence-electron chi connectivity index (χ3n) is 6.23. The number of rotatable bonds is 4. The number of fused-ring (bicyclic) bond motifs is 1. The van der Waals surface area contributed by atoms with Gasteiger partial charge in [0.2, 0.25) is 9.84 Å². The number of para-hydroxylation sites is 2. The molecular formula is C25H28N4O2S. The molecule has 3 aromatic rings. The summed E-state index contributed by atoms with van der Waals surface area (Å²) in [6.45, 7) is 9.68. The van der Waals surface area contributed by atoms with Crippen LogP contribution >= 0.6 is 0 Å². The van der Waals surface area contributed by atoms with E-state index in [1.165, 1.54) is 0 Å². The Morgan fingerprint density at radius 3 is 2.22 bits per heavy atom. The average molecular weight is 449 g/mol. The SMILES string of the molecule is Cc1ccc(S(=O)(=O)[C@H](C#N)c2nc3ccccc3nc2N2C[C@@H](C)C[C@H](C)C2)cc1C. The van der Waals surface area contributed by atoms with Crippen molar-refractivity contribution in [3.05, 3.63) is 59.3 Å². The van der Waals surface area contributed by atoms with Crippen LogP contribution in [0.4, 0.5) is 5.82 Å². The van der Waals surface area contributed by atoms with Crippen molar-refractivity contribution in [3.63, 3.8) is 0 Å². The van der Waals surface area contributed by atoms with Crippen molar-refractivity contribution >= 4 is 26.7 Å². The van der Waals surface area contributed by atoms with Crippen molar-refractivity contribution in [2.24, 2.45) is 11.8 Å². The fraction of sp³-hybridized carbons (Fsp3) is 0.400. The quantitative estimate of drug-likeness (QED) is 0.571. The lowest BCUT2D eigenvalue weighted by atomic mass is 9.92. The molecule has 4 rings (SSSR count). The summed E-state index contributed by atoms with van der Waals surface area (Å²) in [7, 11) is -3.99. The summed E-state index contributed by atoms with van der Waals surface area (Å²) >= 11 is 0. The van der Waals surface area contributed by atoms with Gasteiger partial charge in [-0.1, -0.05) is 32.0 Å². The standard InChI is InChI=1S/C25H28N4O2S/c1-16-11-17(2)15-29(14-16)25-24(27-21-7-5-6-8-22(21)28-25)23(13-26)32(30,31)20-10-9-18(3)19(4)12-20/h5-10,12,16-17,23H,11,14-15H2,1-4H3/t16-,17-,23+/m0/s1. The zero-order chi connectivity index (χ0) is 23.0. The maximum absolute atomic E-state index is 13.6. The monoisotopic (exact) mass is 448 g/mol. The van der Waals surface area contributed by atoms with Crippen LogP contribution in [0.2, 0.25) is 0 Å². The van der Waals surface area contributed by atoms with Crippen LogP contribution in [0.5, 0.6) is 0 Å². The Bertz CT molecular complexity index is 1300. The topological polar surface area (TPSA) is 86.9 Å². The number of benzene rings is 2. The molecule has 2 heterocycles. The first-order chi connectivity index (χ1) is 15.2. The predicted molar refractivity (Wildman–Crippen MR) is 126 cm³/mol. The van der Waals surface area contributed by atoms with E-state index < -0.39 is 15.1 Å². The van der Waals surface area contributed by atoms with Crippen LogP contribution in [0.25, 0.3) is 11.0 Å². The highest BCUT2D eigenvalue weighted by Gasteiger charge is 2.36. The summed E-state index contributed by atoms with van der Waals surface area (Å²) in [5.74, 6) is 1.38. The highest BCUT2D eigenvalue weighted by molar-refractivity contribution is 7.92. The molecule has 0 spiro atoms. The number of sulfone groups is 1. The van der Waals surface area contributed by atoms with Crippen LogP contribution < -0.4 is 4.90 Å². The van der Waals surface area contributed by atoms with Crippen molar-refractivity contribution in [2.45, 2.75) is 44.3 Å². The Balaban J connectivity index is 1.90. The lowest BCUT2D eigenvalue weighted by Crippen LogP contribution is -2.40. The first-order valence-electron chi connectivity index (χ1n) is 10.9. The van der Waals surface area contributed by atoms with E-state index in [1.807, 2.05) is 38.1 Å². The Morgan fingerprint density at radius 2 is 1.62 bits per heavy atom. The average Bonchev–Trinajstić information content (AvgIpc) is 2.74. The van der Waals surface area contributed by atoms with Crippen molar-refractivity contribution in [1.82, 2.24) is 9.97 Å². The van der Waals surface area contributed by atoms with Gasteiger partial charge in [0, 0.05) is 13.1 Å². The zero-order valence-electron chi connectivity index (χ0n) is 18.9. The van der Waals surface area contributed by atoms with E-state index >= 15 is 0 Å². The third-order valence-corrected chi connectivity index (χ3v) is 8.09. The third kappa shape index (κ3) is 4.07. The number of anilines is 1. The van der Waals surface area contributed by atoms with Crippen molar-refractivity contribution in [1.29, 1.82) is 5.26 Å². The van der Waals surface area contributed by atoms with Gasteiger partial charge in [-0.3, -0.25) is 0 Å². The lowest BCUT2D eigenvalue weighted by Gasteiger charge is -2.36. The molecule has 0 aliphatic carbocycles. The Kier molecular flexibility index (Phi) is 5.91. The van der Waals surface area contributed by atoms with Crippen molar-refractivity contribution < 1.29 is 8.42 Å². The Hall–Kier alpha value is -2.98. The molecule has 0 unspecified atom stereocenters. The fourth-order valence-corrected chi connectivity index (χ4v) is 6.02. The molecule has 166 valence electrons. The van der Waals surface area contributed by atoms with Crippen LogP contribution in [0.15, 0.2) is 47.4 Å². The molecule has 0 radical (unpaired) electrons. The number of piperidine rings is 1. The Morgan fingerprint density at radius 1 is 1.00 bits per heavy atom. The zero-order valence-corrected chi connectivity index (χ0v) is 19.7. The van der Waals surface area contributed by atoms with E-state index in [0.29, 0.717) is 28.7 Å². The van der Waals surface area contributed by atoms with E-state index in [9.17, 15) is 13.7 Å². The van der Waals surface area contributed by atoms with E-state index in [1.54, 1.807) is 24.3 Å². The number of nitriles is 1. The molecule has 0 N–H and O–H groups in total. The van der Waals surface area contributed by atoms with E-state index in [2.05, 4.69) is 18.7 Å². The molecule has 1 fully saturated rings. The van der Waals surface area contributed by atoms with Crippen LogP contribution in [0, 0.1) is 37.0 Å². The molecule has 1 aromatic heterocycles. The largest absolute Gasteiger partial charge is 0.354 e. The van der Waals surface area contributed by atoms with Gasteiger partial charge in [-0.2, -0.15) is 5.26 Å². The second-order valence-electron chi connectivity index (χ2n) is 9.07. The molecule has 1 aliphatic rings. The van der Waals surface area contributed by atoms with Gasteiger partial charge in [-0.05, 0) is 67.5 Å². The summed E-state index contributed by atoms with van der Waals surface area (Å²) in [5.41, 5.74) is 3.36. The van der Waals surface area contributed by atoms with Crippen LogP contribution in [0.3, 0.4) is 0 Å². The van der Waals surface area contributed by atoms with Gasteiger partial charge in [0.25, 0.3) is 0 Å². The van der Waals surface area contributed by atoms with Crippen molar-refractivity contribution in [3.8, 4) is 6.07 Å². The molecule has 6 nitrogen and oxygen atoms in total. The highest BCUT2D eigenvalue weighted by atomic mass is 32.2. The number of aryl methyl sites for hydroxylation is 2. The summed E-state index contributed by atoms with van der Waals surface area (Å²) in [5, 5.41) is 8.64. The molecule has 0 amide bonds. The van der Waals surface area contributed by atoms with E-state index in [-0.39, 0.29) is 10.6 Å². The first kappa shape index (κ1) is 22.2. The summed E-state index contributed by atoms with van der Waals surface area (Å²) in [6.07, 6.45) is 1.11. The Labute approximate surface area is 189 Å². The minimum atomic E-state index is -3.99. The molecule has 0 bridgehead atoms. The first-order valence-corrected chi connectivity index (χ1v) is 12.5. The second-order valence-corrected chi connectivity index (χ2v) is 11.1. The number of hydrogen-bond donors (Lipinski definition) is 0. The minimum Gasteiger partial charge on any atom is -0.354 e. The van der Waals surface area contributed by atoms with Gasteiger partial charge in [0.05, 0.1) is 22.0 Å². The van der Waals surface area contributed by atoms with Crippen LogP contribution in [-0.4, -0.2) is 31.5 Å². The van der Waals surface area contributed by atoms with Gasteiger partial charge < -0.3 is 4.90 Å². The van der Waals surface area contributed by atoms with Crippen LogP contribution in [-0.2, 0) is 9.84 Å². The summed E-state index contributed by atoms with van der Waals surface area (Å²) < 4.78 is 27.2. The van der Waals surface area contributed by atoms with Gasteiger partial charge in [-0.25, -0.2) is 18.4 Å². The maximum atomic E-state index is 13.6. The number of aromatic nitrogens is 2. The molecule has 0 saturated carbocycles. The number of hydrogen-bond acceptors (Lipinski definition) is 6. The molecule has 1 saturated heterocycles. The predicted octanol–water partition coefficient (Wildman–Crippen LogP) is 4.77. The number of nitrogens with zero attached hydrogens (tertiary/aromatic N) is 4. The molecule has 7 heteroatoms. The van der Waals surface area contributed by atoms with E-state index in [0.717, 1.165) is 30.6 Å². The van der Waals surface area contributed by atoms with E-state index in [4.69, 9.17) is 9.97 Å². The minimum absolute atomic E-state index is 0.133.